The Morgan fingerprint density at radius 3 is 2.16 bits per heavy atom. The fourth-order valence-electron chi connectivity index (χ4n) is 2.85. The Morgan fingerprint density at radius 2 is 1.64 bits per heavy atom. The van der Waals surface area contributed by atoms with Gasteiger partial charge in [-0.2, -0.15) is 13.2 Å². The largest absolute Gasteiger partial charge is 0.391 e. The maximum atomic E-state index is 12.7. The highest BCUT2D eigenvalue weighted by Crippen LogP contribution is 2.34. The molecule has 134 valence electrons. The van der Waals surface area contributed by atoms with Crippen molar-refractivity contribution >= 4 is 17.3 Å². The third kappa shape index (κ3) is 4.39. The van der Waals surface area contributed by atoms with Gasteiger partial charge in [-0.15, -0.1) is 0 Å². The van der Waals surface area contributed by atoms with Crippen LogP contribution in [0.4, 0.5) is 30.5 Å². The number of hydrogen-bond donors (Lipinski definition) is 2. The number of nitrogens with one attached hydrogen (secondary N) is 1. The van der Waals surface area contributed by atoms with Gasteiger partial charge in [-0.1, -0.05) is 12.1 Å². The summed E-state index contributed by atoms with van der Waals surface area (Å²) in [5.41, 5.74) is 8.21. The van der Waals surface area contributed by atoms with E-state index in [0.717, 1.165) is 16.9 Å². The van der Waals surface area contributed by atoms with Crippen LogP contribution in [0.1, 0.15) is 18.4 Å². The second kappa shape index (κ2) is 7.26. The third-order valence-corrected chi connectivity index (χ3v) is 4.36. The Kier molecular flexibility index (Phi) is 5.08. The molecule has 0 amide bonds. The van der Waals surface area contributed by atoms with Crippen molar-refractivity contribution in [1.82, 2.24) is 9.97 Å². The summed E-state index contributed by atoms with van der Waals surface area (Å²) in [5, 5.41) is 3.18. The standard InChI is InChI=1S/C17H20F3N5/c18-17(19,20)13-5-7-25(8-6-13)16-22-10-15(11-23-16)24-14-3-1-12(9-21)2-4-14/h1-4,10-11,13,24H,5-9,21H2. The lowest BCUT2D eigenvalue weighted by atomic mass is 9.96. The van der Waals surface area contributed by atoms with Crippen LogP contribution in [0, 0.1) is 5.92 Å². The molecule has 3 N–H and O–H groups in total. The summed E-state index contributed by atoms with van der Waals surface area (Å²) < 4.78 is 38.1. The molecule has 25 heavy (non-hydrogen) atoms. The summed E-state index contributed by atoms with van der Waals surface area (Å²) in [7, 11) is 0. The van der Waals surface area contributed by atoms with Gasteiger partial charge in [-0.3, -0.25) is 0 Å². The SMILES string of the molecule is NCc1ccc(Nc2cnc(N3CCC(C(F)(F)F)CC3)nc2)cc1. The van der Waals surface area contributed by atoms with Gasteiger partial charge >= 0.3 is 6.18 Å². The van der Waals surface area contributed by atoms with Crippen molar-refractivity contribution in [3.8, 4) is 0 Å². The van der Waals surface area contributed by atoms with Crippen LogP contribution in [0.5, 0.6) is 0 Å². The van der Waals surface area contributed by atoms with Crippen LogP contribution in [0.15, 0.2) is 36.7 Å². The van der Waals surface area contributed by atoms with Crippen molar-refractivity contribution in [2.24, 2.45) is 11.7 Å². The summed E-state index contributed by atoms with van der Waals surface area (Å²) in [6, 6.07) is 7.70. The second-order valence-electron chi connectivity index (χ2n) is 6.10. The van der Waals surface area contributed by atoms with Gasteiger partial charge in [0.1, 0.15) is 0 Å². The molecule has 0 atom stereocenters. The van der Waals surface area contributed by atoms with E-state index in [1.54, 1.807) is 17.3 Å². The first-order valence-corrected chi connectivity index (χ1v) is 8.15. The van der Waals surface area contributed by atoms with Crippen LogP contribution in [-0.4, -0.2) is 29.2 Å². The fourth-order valence-corrected chi connectivity index (χ4v) is 2.85. The molecule has 0 spiro atoms. The van der Waals surface area contributed by atoms with Crippen LogP contribution in [0.2, 0.25) is 0 Å². The molecular formula is C17H20F3N5. The molecule has 5 nitrogen and oxygen atoms in total. The van der Waals surface area contributed by atoms with Crippen LogP contribution in [0.3, 0.4) is 0 Å². The molecule has 2 aromatic rings. The van der Waals surface area contributed by atoms with Crippen LogP contribution in [0.25, 0.3) is 0 Å². The van der Waals surface area contributed by atoms with E-state index in [4.69, 9.17) is 5.73 Å². The van der Waals surface area contributed by atoms with Crippen LogP contribution >= 0.6 is 0 Å². The van der Waals surface area contributed by atoms with E-state index in [0.29, 0.717) is 25.6 Å². The first kappa shape index (κ1) is 17.5. The minimum atomic E-state index is -4.11. The van der Waals surface area contributed by atoms with Gasteiger partial charge in [0, 0.05) is 25.3 Å². The molecule has 0 radical (unpaired) electrons. The predicted molar refractivity (Wildman–Crippen MR) is 90.6 cm³/mol. The molecule has 2 heterocycles. The number of alkyl halides is 3. The molecule has 1 aliphatic rings. The van der Waals surface area contributed by atoms with E-state index in [1.807, 2.05) is 24.3 Å². The monoisotopic (exact) mass is 351 g/mol. The predicted octanol–water partition coefficient (Wildman–Crippen LogP) is 3.46. The van der Waals surface area contributed by atoms with Gasteiger partial charge in [0.15, 0.2) is 0 Å². The van der Waals surface area contributed by atoms with Gasteiger partial charge in [-0.05, 0) is 30.5 Å². The van der Waals surface area contributed by atoms with E-state index in [9.17, 15) is 13.2 Å². The third-order valence-electron chi connectivity index (χ3n) is 4.36. The Hall–Kier alpha value is -2.35. The number of rotatable bonds is 4. The molecule has 1 saturated heterocycles. The molecular weight excluding hydrogens is 331 g/mol. The van der Waals surface area contributed by atoms with Crippen molar-refractivity contribution in [3.05, 3.63) is 42.2 Å². The molecule has 0 bridgehead atoms. The van der Waals surface area contributed by atoms with Gasteiger partial charge in [-0.25, -0.2) is 9.97 Å². The molecule has 0 saturated carbocycles. The van der Waals surface area contributed by atoms with Gasteiger partial charge in [0.2, 0.25) is 5.95 Å². The quantitative estimate of drug-likeness (QED) is 0.883. The second-order valence-corrected chi connectivity index (χ2v) is 6.10. The van der Waals surface area contributed by atoms with Crippen LogP contribution < -0.4 is 16.0 Å². The Morgan fingerprint density at radius 1 is 1.04 bits per heavy atom. The smallest absolute Gasteiger partial charge is 0.353 e. The molecule has 1 aliphatic heterocycles. The summed E-state index contributed by atoms with van der Waals surface area (Å²) in [4.78, 5) is 10.3. The van der Waals surface area contributed by atoms with E-state index < -0.39 is 12.1 Å². The Bertz CT molecular complexity index is 677. The zero-order valence-corrected chi connectivity index (χ0v) is 13.6. The van der Waals surface area contributed by atoms with Crippen LogP contribution in [-0.2, 0) is 6.54 Å². The van der Waals surface area contributed by atoms with Crippen molar-refractivity contribution < 1.29 is 13.2 Å². The number of hydrogen-bond acceptors (Lipinski definition) is 5. The maximum absolute atomic E-state index is 12.7. The van der Waals surface area contributed by atoms with Crippen molar-refractivity contribution in [2.75, 3.05) is 23.3 Å². The Balaban J connectivity index is 1.59. The molecule has 1 aromatic heterocycles. The van der Waals surface area contributed by atoms with E-state index in [1.165, 1.54) is 0 Å². The number of anilines is 3. The lowest BCUT2D eigenvalue weighted by molar-refractivity contribution is -0.179. The lowest BCUT2D eigenvalue weighted by Crippen LogP contribution is -2.39. The number of halogens is 3. The minimum Gasteiger partial charge on any atom is -0.353 e. The number of benzene rings is 1. The minimum absolute atomic E-state index is 0.0837. The molecule has 0 aliphatic carbocycles. The highest BCUT2D eigenvalue weighted by molar-refractivity contribution is 5.58. The number of aromatic nitrogens is 2. The summed E-state index contributed by atoms with van der Waals surface area (Å²) >= 11 is 0. The average Bonchev–Trinajstić information content (AvgIpc) is 2.62. The Labute approximate surface area is 144 Å². The number of nitrogens with zero attached hydrogens (tertiary/aromatic N) is 3. The number of nitrogens with two attached hydrogens (primary N) is 1. The average molecular weight is 351 g/mol. The first-order valence-electron chi connectivity index (χ1n) is 8.15. The maximum Gasteiger partial charge on any atom is 0.391 e. The van der Waals surface area contributed by atoms with E-state index in [2.05, 4.69) is 15.3 Å². The molecule has 3 rings (SSSR count). The molecule has 0 unspecified atom stereocenters. The van der Waals surface area contributed by atoms with Crippen molar-refractivity contribution in [1.29, 1.82) is 0 Å². The number of piperidine rings is 1. The van der Waals surface area contributed by atoms with Gasteiger partial charge < -0.3 is 16.0 Å². The lowest BCUT2D eigenvalue weighted by Gasteiger charge is -2.32. The molecule has 8 heteroatoms. The zero-order valence-electron chi connectivity index (χ0n) is 13.6. The fraction of sp³-hybridized carbons (Fsp3) is 0.412. The normalized spacial score (nSPS) is 16.1. The van der Waals surface area contributed by atoms with Crippen molar-refractivity contribution in [2.45, 2.75) is 25.6 Å². The highest BCUT2D eigenvalue weighted by atomic mass is 19.4. The zero-order chi connectivity index (χ0) is 17.9. The van der Waals surface area contributed by atoms with E-state index >= 15 is 0 Å². The molecule has 1 aromatic carbocycles. The highest BCUT2D eigenvalue weighted by Gasteiger charge is 2.41. The van der Waals surface area contributed by atoms with Gasteiger partial charge in [0.05, 0.1) is 24.0 Å². The van der Waals surface area contributed by atoms with Gasteiger partial charge in [0.25, 0.3) is 0 Å². The molecule has 1 fully saturated rings. The first-order chi connectivity index (χ1) is 12.0. The van der Waals surface area contributed by atoms with E-state index in [-0.39, 0.29) is 12.8 Å². The summed E-state index contributed by atoms with van der Waals surface area (Å²) in [5.74, 6) is -0.758. The topological polar surface area (TPSA) is 67.1 Å². The summed E-state index contributed by atoms with van der Waals surface area (Å²) in [6.45, 7) is 1.12. The van der Waals surface area contributed by atoms with Crippen molar-refractivity contribution in [3.63, 3.8) is 0 Å². The summed E-state index contributed by atoms with van der Waals surface area (Å²) in [6.07, 6.45) is -0.676.